The minimum Gasteiger partial charge on any atom is -0.480 e. The van der Waals surface area contributed by atoms with Gasteiger partial charge in [0.25, 0.3) is 0 Å². The van der Waals surface area contributed by atoms with E-state index >= 15 is 0 Å². The van der Waals surface area contributed by atoms with Gasteiger partial charge in [-0.25, -0.2) is 4.79 Å². The van der Waals surface area contributed by atoms with Crippen LogP contribution in [-0.2, 0) is 9.59 Å². The van der Waals surface area contributed by atoms with Crippen LogP contribution in [0.3, 0.4) is 0 Å². The molecule has 4 nitrogen and oxygen atoms in total. The lowest BCUT2D eigenvalue weighted by Crippen LogP contribution is -2.39. The number of amides is 1. The van der Waals surface area contributed by atoms with Crippen LogP contribution >= 0.6 is 0 Å². The van der Waals surface area contributed by atoms with Crippen LogP contribution in [0.15, 0.2) is 18.2 Å². The van der Waals surface area contributed by atoms with Crippen molar-refractivity contribution in [2.75, 3.05) is 0 Å². The first-order chi connectivity index (χ1) is 8.97. The number of aryl methyl sites for hydroxylation is 2. The lowest BCUT2D eigenvalue weighted by molar-refractivity contribution is -0.141. The van der Waals surface area contributed by atoms with Crippen molar-refractivity contribution in [1.29, 1.82) is 0 Å². The van der Waals surface area contributed by atoms with Crippen molar-refractivity contribution in [2.45, 2.75) is 45.1 Å². The van der Waals surface area contributed by atoms with Crippen molar-refractivity contribution in [2.24, 2.45) is 0 Å². The zero-order valence-corrected chi connectivity index (χ0v) is 11.3. The Kier molecular flexibility index (Phi) is 3.88. The molecule has 1 aromatic carbocycles. The number of benzene rings is 1. The van der Waals surface area contributed by atoms with Crippen LogP contribution in [0.5, 0.6) is 0 Å². The second kappa shape index (κ2) is 5.43. The second-order valence-electron chi connectivity index (χ2n) is 5.29. The Labute approximate surface area is 112 Å². The second-order valence-corrected chi connectivity index (χ2v) is 5.29. The Morgan fingerprint density at radius 3 is 2.79 bits per heavy atom. The van der Waals surface area contributed by atoms with Gasteiger partial charge >= 0.3 is 5.97 Å². The first kappa shape index (κ1) is 13.6. The summed E-state index contributed by atoms with van der Waals surface area (Å²) in [6.45, 7) is 4.06. The molecule has 2 rings (SSSR count). The summed E-state index contributed by atoms with van der Waals surface area (Å²) in [6.07, 6.45) is 1.56. The first-order valence-electron chi connectivity index (χ1n) is 6.56. The molecule has 2 unspecified atom stereocenters. The van der Waals surface area contributed by atoms with E-state index in [4.69, 9.17) is 5.11 Å². The van der Waals surface area contributed by atoms with E-state index in [0.29, 0.717) is 19.3 Å². The van der Waals surface area contributed by atoms with E-state index in [9.17, 15) is 9.59 Å². The lowest BCUT2D eigenvalue weighted by atomic mass is 9.86. The molecule has 0 spiro atoms. The number of carboxylic acids is 1. The zero-order chi connectivity index (χ0) is 14.0. The molecule has 19 heavy (non-hydrogen) atoms. The Bertz CT molecular complexity index is 510. The van der Waals surface area contributed by atoms with Crippen LogP contribution in [0.2, 0.25) is 0 Å². The summed E-state index contributed by atoms with van der Waals surface area (Å²) in [7, 11) is 0. The summed E-state index contributed by atoms with van der Waals surface area (Å²) in [5, 5.41) is 11.7. The Morgan fingerprint density at radius 1 is 1.37 bits per heavy atom. The molecule has 102 valence electrons. The average Bonchev–Trinajstić information content (AvgIpc) is 2.54. The summed E-state index contributed by atoms with van der Waals surface area (Å²) >= 11 is 0. The molecule has 1 fully saturated rings. The van der Waals surface area contributed by atoms with Gasteiger partial charge in [0, 0.05) is 6.42 Å². The quantitative estimate of drug-likeness (QED) is 0.857. The van der Waals surface area contributed by atoms with Gasteiger partial charge in [0.05, 0.1) is 0 Å². The Morgan fingerprint density at radius 2 is 2.11 bits per heavy atom. The van der Waals surface area contributed by atoms with Crippen molar-refractivity contribution < 1.29 is 14.7 Å². The van der Waals surface area contributed by atoms with Gasteiger partial charge < -0.3 is 10.4 Å². The maximum Gasteiger partial charge on any atom is 0.326 e. The summed E-state index contributed by atoms with van der Waals surface area (Å²) in [5.41, 5.74) is 3.49. The highest BCUT2D eigenvalue weighted by Crippen LogP contribution is 2.31. The van der Waals surface area contributed by atoms with Crippen LogP contribution in [0, 0.1) is 13.8 Å². The average molecular weight is 261 g/mol. The number of nitrogens with one attached hydrogen (secondary N) is 1. The smallest absolute Gasteiger partial charge is 0.326 e. The normalized spacial score (nSPS) is 23.6. The van der Waals surface area contributed by atoms with Crippen molar-refractivity contribution in [1.82, 2.24) is 5.32 Å². The van der Waals surface area contributed by atoms with Gasteiger partial charge in [0.15, 0.2) is 0 Å². The largest absolute Gasteiger partial charge is 0.480 e. The summed E-state index contributed by atoms with van der Waals surface area (Å²) in [6, 6.07) is 5.43. The van der Waals surface area contributed by atoms with E-state index in [1.54, 1.807) is 0 Å². The maximum atomic E-state index is 11.6. The SMILES string of the molecule is Cc1ccc(C)c(C2CCC(=O)NC(C(=O)O)C2)c1. The van der Waals surface area contributed by atoms with E-state index in [0.717, 1.165) is 11.1 Å². The van der Waals surface area contributed by atoms with E-state index in [-0.39, 0.29) is 11.8 Å². The maximum absolute atomic E-state index is 11.6. The zero-order valence-electron chi connectivity index (χ0n) is 11.3. The molecule has 1 aliphatic heterocycles. The number of hydrogen-bond acceptors (Lipinski definition) is 2. The van der Waals surface area contributed by atoms with Crippen LogP contribution in [0.4, 0.5) is 0 Å². The molecule has 1 heterocycles. The molecule has 1 aliphatic rings. The minimum absolute atomic E-state index is 0.125. The number of hydrogen-bond donors (Lipinski definition) is 2. The highest BCUT2D eigenvalue weighted by atomic mass is 16.4. The van der Waals surface area contributed by atoms with Crippen molar-refractivity contribution >= 4 is 11.9 Å². The summed E-state index contributed by atoms with van der Waals surface area (Å²) in [5.74, 6) is -0.995. The van der Waals surface area contributed by atoms with E-state index in [2.05, 4.69) is 17.4 Å². The topological polar surface area (TPSA) is 66.4 Å². The van der Waals surface area contributed by atoms with Crippen LogP contribution in [0.1, 0.15) is 41.9 Å². The molecular weight excluding hydrogens is 242 g/mol. The molecule has 2 N–H and O–H groups in total. The Balaban J connectivity index is 2.30. The molecule has 0 saturated carbocycles. The lowest BCUT2D eigenvalue weighted by Gasteiger charge is -2.20. The number of rotatable bonds is 2. The van der Waals surface area contributed by atoms with Gasteiger partial charge in [0.2, 0.25) is 5.91 Å². The van der Waals surface area contributed by atoms with Crippen molar-refractivity contribution in [3.63, 3.8) is 0 Å². The van der Waals surface area contributed by atoms with Crippen LogP contribution in [0.25, 0.3) is 0 Å². The highest BCUT2D eigenvalue weighted by Gasteiger charge is 2.29. The van der Waals surface area contributed by atoms with Gasteiger partial charge in [-0.05, 0) is 43.7 Å². The number of carbonyl (C=O) groups excluding carboxylic acids is 1. The van der Waals surface area contributed by atoms with Crippen LogP contribution < -0.4 is 5.32 Å². The molecular formula is C15H19NO3. The van der Waals surface area contributed by atoms with Gasteiger partial charge in [0.1, 0.15) is 6.04 Å². The third-order valence-electron chi connectivity index (χ3n) is 3.75. The molecule has 0 radical (unpaired) electrons. The fraction of sp³-hybridized carbons (Fsp3) is 0.467. The van der Waals surface area contributed by atoms with Crippen molar-refractivity contribution in [3.05, 3.63) is 34.9 Å². The molecule has 4 heteroatoms. The fourth-order valence-electron chi connectivity index (χ4n) is 2.68. The first-order valence-corrected chi connectivity index (χ1v) is 6.56. The summed E-state index contributed by atoms with van der Waals surface area (Å²) < 4.78 is 0. The Hall–Kier alpha value is -1.84. The third-order valence-corrected chi connectivity index (χ3v) is 3.75. The van der Waals surface area contributed by atoms with E-state index in [1.165, 1.54) is 5.56 Å². The molecule has 0 bridgehead atoms. The predicted molar refractivity (Wildman–Crippen MR) is 72.1 cm³/mol. The van der Waals surface area contributed by atoms with Gasteiger partial charge in [-0.15, -0.1) is 0 Å². The van der Waals surface area contributed by atoms with E-state index in [1.807, 2.05) is 19.9 Å². The molecule has 0 aromatic heterocycles. The third kappa shape index (κ3) is 3.13. The molecule has 1 saturated heterocycles. The molecule has 1 aromatic rings. The number of carbonyl (C=O) groups is 2. The van der Waals surface area contributed by atoms with Gasteiger partial charge in [-0.2, -0.15) is 0 Å². The monoisotopic (exact) mass is 261 g/mol. The van der Waals surface area contributed by atoms with E-state index < -0.39 is 12.0 Å². The molecule has 1 amide bonds. The highest BCUT2D eigenvalue weighted by molar-refractivity contribution is 5.84. The molecule has 2 atom stereocenters. The molecule has 0 aliphatic carbocycles. The van der Waals surface area contributed by atoms with Crippen molar-refractivity contribution in [3.8, 4) is 0 Å². The van der Waals surface area contributed by atoms with Crippen LogP contribution in [-0.4, -0.2) is 23.0 Å². The number of carboxylic acid groups (broad SMARTS) is 1. The fourth-order valence-corrected chi connectivity index (χ4v) is 2.68. The predicted octanol–water partition coefficient (Wildman–Crippen LogP) is 2.14. The van der Waals surface area contributed by atoms with Gasteiger partial charge in [-0.1, -0.05) is 23.8 Å². The number of aliphatic carboxylic acids is 1. The standard InChI is InChI=1S/C15H19NO3/c1-9-3-4-10(2)12(7-9)11-5-6-14(17)16-13(8-11)15(18)19/h3-4,7,11,13H,5-6,8H2,1-2H3,(H,16,17)(H,18,19). The summed E-state index contributed by atoms with van der Waals surface area (Å²) in [4.78, 5) is 22.7. The van der Waals surface area contributed by atoms with Gasteiger partial charge in [-0.3, -0.25) is 4.79 Å². The minimum atomic E-state index is -0.953.